The van der Waals surface area contributed by atoms with Crippen molar-refractivity contribution in [3.63, 3.8) is 0 Å². The summed E-state index contributed by atoms with van der Waals surface area (Å²) in [7, 11) is 0. The zero-order valence-electron chi connectivity index (χ0n) is 13.5. The highest BCUT2D eigenvalue weighted by Crippen LogP contribution is 2.25. The number of nitrogens with zero attached hydrogens (tertiary/aromatic N) is 2. The summed E-state index contributed by atoms with van der Waals surface area (Å²) < 4.78 is 2.39. The van der Waals surface area contributed by atoms with Crippen molar-refractivity contribution in [3.05, 3.63) is 29.6 Å². The van der Waals surface area contributed by atoms with E-state index in [0.29, 0.717) is 5.92 Å². The van der Waals surface area contributed by atoms with Crippen molar-refractivity contribution in [2.24, 2.45) is 11.8 Å². The maximum absolute atomic E-state index is 4.92. The first-order valence-electron chi connectivity index (χ1n) is 8.35. The number of nitrogens with one attached hydrogen (secondary N) is 1. The maximum atomic E-state index is 4.92. The Bertz CT molecular complexity index is 608. The zero-order valence-corrected chi connectivity index (χ0v) is 13.5. The molecule has 0 amide bonds. The zero-order chi connectivity index (χ0) is 14.8. The number of hydrogen-bond donors (Lipinski definition) is 1. The van der Waals surface area contributed by atoms with Crippen molar-refractivity contribution < 1.29 is 0 Å². The topological polar surface area (TPSA) is 29.9 Å². The summed E-state index contributed by atoms with van der Waals surface area (Å²) in [5.41, 5.74) is 3.73. The molecule has 2 atom stereocenters. The van der Waals surface area contributed by atoms with E-state index in [2.05, 4.69) is 48.9 Å². The van der Waals surface area contributed by atoms with E-state index < -0.39 is 0 Å². The van der Waals surface area contributed by atoms with Crippen LogP contribution in [0.4, 0.5) is 0 Å². The van der Waals surface area contributed by atoms with Crippen LogP contribution in [0.2, 0.25) is 0 Å². The van der Waals surface area contributed by atoms with E-state index in [1.807, 2.05) is 0 Å². The number of piperidine rings is 1. The lowest BCUT2D eigenvalue weighted by atomic mass is 9.85. The first-order valence-corrected chi connectivity index (χ1v) is 8.35. The lowest BCUT2D eigenvalue weighted by Gasteiger charge is -2.28. The number of aryl methyl sites for hydroxylation is 2. The van der Waals surface area contributed by atoms with Crippen LogP contribution in [0.5, 0.6) is 0 Å². The van der Waals surface area contributed by atoms with Gasteiger partial charge in [0.25, 0.3) is 0 Å². The predicted molar refractivity (Wildman–Crippen MR) is 88.6 cm³/mol. The molecule has 114 valence electrons. The Balaban J connectivity index is 1.85. The molecule has 0 spiro atoms. The molecule has 1 fully saturated rings. The fourth-order valence-corrected chi connectivity index (χ4v) is 3.62. The Morgan fingerprint density at radius 1 is 1.43 bits per heavy atom. The molecule has 1 aliphatic rings. The van der Waals surface area contributed by atoms with Gasteiger partial charge in [-0.1, -0.05) is 13.0 Å². The van der Waals surface area contributed by atoms with E-state index in [4.69, 9.17) is 4.98 Å². The Labute approximate surface area is 127 Å². The number of imidazole rings is 1. The monoisotopic (exact) mass is 285 g/mol. The molecule has 1 aromatic heterocycles. The molecular weight excluding hydrogens is 258 g/mol. The predicted octanol–water partition coefficient (Wildman–Crippen LogP) is 3.54. The van der Waals surface area contributed by atoms with Gasteiger partial charge < -0.3 is 9.88 Å². The summed E-state index contributed by atoms with van der Waals surface area (Å²) in [5, 5.41) is 3.54. The molecule has 0 aliphatic carbocycles. The van der Waals surface area contributed by atoms with Gasteiger partial charge in [-0.2, -0.15) is 0 Å². The van der Waals surface area contributed by atoms with E-state index in [0.717, 1.165) is 24.4 Å². The quantitative estimate of drug-likeness (QED) is 0.931. The second kappa shape index (κ2) is 6.18. The summed E-state index contributed by atoms with van der Waals surface area (Å²) in [4.78, 5) is 4.92. The van der Waals surface area contributed by atoms with Crippen LogP contribution in [0, 0.1) is 18.8 Å². The SMILES string of the molecule is CCn1c(CC(C)C2CCCNC2)nc2cc(C)ccc21. The van der Waals surface area contributed by atoms with Crippen molar-refractivity contribution >= 4 is 11.0 Å². The number of aromatic nitrogens is 2. The molecule has 3 heteroatoms. The molecule has 0 radical (unpaired) electrons. The molecule has 2 aromatic rings. The van der Waals surface area contributed by atoms with Gasteiger partial charge in [0.15, 0.2) is 0 Å². The van der Waals surface area contributed by atoms with Crippen molar-refractivity contribution in [2.75, 3.05) is 13.1 Å². The molecule has 1 aromatic carbocycles. The van der Waals surface area contributed by atoms with Crippen LogP contribution in [-0.2, 0) is 13.0 Å². The van der Waals surface area contributed by atoms with Crippen LogP contribution in [0.1, 0.15) is 38.1 Å². The van der Waals surface area contributed by atoms with Crippen LogP contribution in [0.15, 0.2) is 18.2 Å². The molecular formula is C18H27N3. The molecule has 3 rings (SSSR count). The number of rotatable bonds is 4. The van der Waals surface area contributed by atoms with Crippen molar-refractivity contribution in [1.82, 2.24) is 14.9 Å². The minimum absolute atomic E-state index is 0.695. The van der Waals surface area contributed by atoms with Crippen LogP contribution in [0.3, 0.4) is 0 Å². The lowest BCUT2D eigenvalue weighted by Crippen LogP contribution is -2.34. The molecule has 2 unspecified atom stereocenters. The average molecular weight is 285 g/mol. The van der Waals surface area contributed by atoms with Gasteiger partial charge in [-0.05, 0) is 69.3 Å². The van der Waals surface area contributed by atoms with Crippen LogP contribution in [-0.4, -0.2) is 22.6 Å². The highest BCUT2D eigenvalue weighted by atomic mass is 15.1. The number of hydrogen-bond acceptors (Lipinski definition) is 2. The van der Waals surface area contributed by atoms with Gasteiger partial charge in [0.2, 0.25) is 0 Å². The van der Waals surface area contributed by atoms with Crippen LogP contribution >= 0.6 is 0 Å². The van der Waals surface area contributed by atoms with Crippen molar-refractivity contribution in [2.45, 2.75) is 46.6 Å². The summed E-state index contributed by atoms with van der Waals surface area (Å²) >= 11 is 0. The largest absolute Gasteiger partial charge is 0.328 e. The third kappa shape index (κ3) is 2.98. The molecule has 1 saturated heterocycles. The van der Waals surface area contributed by atoms with Gasteiger partial charge in [-0.15, -0.1) is 0 Å². The average Bonchev–Trinajstić information content (AvgIpc) is 2.84. The van der Waals surface area contributed by atoms with Crippen molar-refractivity contribution in [1.29, 1.82) is 0 Å². The highest BCUT2D eigenvalue weighted by Gasteiger charge is 2.22. The summed E-state index contributed by atoms with van der Waals surface area (Å²) in [6, 6.07) is 6.61. The molecule has 1 aliphatic heterocycles. The standard InChI is InChI=1S/C18H27N3/c1-4-21-17-8-7-13(2)10-16(17)20-18(21)11-14(3)15-6-5-9-19-12-15/h7-8,10,14-15,19H,4-6,9,11-12H2,1-3H3. The third-order valence-corrected chi connectivity index (χ3v) is 4.94. The fourth-order valence-electron chi connectivity index (χ4n) is 3.62. The molecule has 21 heavy (non-hydrogen) atoms. The molecule has 3 nitrogen and oxygen atoms in total. The minimum Gasteiger partial charge on any atom is -0.328 e. The molecule has 1 N–H and O–H groups in total. The normalized spacial score (nSPS) is 20.8. The van der Waals surface area contributed by atoms with Crippen LogP contribution < -0.4 is 5.32 Å². The second-order valence-electron chi connectivity index (χ2n) is 6.55. The lowest BCUT2D eigenvalue weighted by molar-refractivity contribution is 0.274. The minimum atomic E-state index is 0.695. The van der Waals surface area contributed by atoms with Gasteiger partial charge in [0.1, 0.15) is 5.82 Å². The Hall–Kier alpha value is -1.35. The van der Waals surface area contributed by atoms with Crippen molar-refractivity contribution in [3.8, 4) is 0 Å². The molecule has 2 heterocycles. The van der Waals surface area contributed by atoms with Gasteiger partial charge in [-0.25, -0.2) is 4.98 Å². The van der Waals surface area contributed by atoms with E-state index in [1.165, 1.54) is 42.8 Å². The van der Waals surface area contributed by atoms with Gasteiger partial charge >= 0.3 is 0 Å². The molecule has 0 saturated carbocycles. The Morgan fingerprint density at radius 2 is 2.29 bits per heavy atom. The first-order chi connectivity index (χ1) is 10.2. The Kier molecular flexibility index (Phi) is 4.29. The first kappa shape index (κ1) is 14.6. The van der Waals surface area contributed by atoms with Gasteiger partial charge in [-0.3, -0.25) is 0 Å². The van der Waals surface area contributed by atoms with E-state index in [9.17, 15) is 0 Å². The highest BCUT2D eigenvalue weighted by molar-refractivity contribution is 5.76. The maximum Gasteiger partial charge on any atom is 0.110 e. The third-order valence-electron chi connectivity index (χ3n) is 4.94. The second-order valence-corrected chi connectivity index (χ2v) is 6.55. The summed E-state index contributed by atoms with van der Waals surface area (Å²) in [5.74, 6) is 2.75. The fraction of sp³-hybridized carbons (Fsp3) is 0.611. The summed E-state index contributed by atoms with van der Waals surface area (Å²) in [6.45, 7) is 10.1. The van der Waals surface area contributed by atoms with Gasteiger partial charge in [0.05, 0.1) is 11.0 Å². The molecule has 0 bridgehead atoms. The smallest absolute Gasteiger partial charge is 0.110 e. The van der Waals surface area contributed by atoms with Gasteiger partial charge in [0, 0.05) is 13.0 Å². The van der Waals surface area contributed by atoms with E-state index in [1.54, 1.807) is 0 Å². The van der Waals surface area contributed by atoms with E-state index >= 15 is 0 Å². The number of benzene rings is 1. The van der Waals surface area contributed by atoms with Crippen LogP contribution in [0.25, 0.3) is 11.0 Å². The van der Waals surface area contributed by atoms with E-state index in [-0.39, 0.29) is 0 Å². The number of fused-ring (bicyclic) bond motifs is 1. The Morgan fingerprint density at radius 3 is 3.00 bits per heavy atom. The summed E-state index contributed by atoms with van der Waals surface area (Å²) in [6.07, 6.45) is 3.77.